The zero-order chi connectivity index (χ0) is 19.4. The molecule has 0 heteroatoms. The van der Waals surface area contributed by atoms with E-state index in [9.17, 15) is 0 Å². The molecule has 0 bridgehead atoms. The van der Waals surface area contributed by atoms with Crippen molar-refractivity contribution in [1.82, 2.24) is 0 Å². The van der Waals surface area contributed by atoms with Crippen LogP contribution in [0.2, 0.25) is 0 Å². The van der Waals surface area contributed by atoms with Crippen molar-refractivity contribution in [2.75, 3.05) is 0 Å². The molecule has 4 aliphatic rings. The molecule has 0 saturated heterocycles. The summed E-state index contributed by atoms with van der Waals surface area (Å²) in [6, 6.07) is 0. The summed E-state index contributed by atoms with van der Waals surface area (Å²) in [5, 5.41) is 0. The van der Waals surface area contributed by atoms with Crippen molar-refractivity contribution in [2.45, 2.75) is 112 Å². The second kappa shape index (κ2) is 6.91. The van der Waals surface area contributed by atoms with Crippen LogP contribution in [0.4, 0.5) is 0 Å². The first-order chi connectivity index (χ1) is 12.7. The second-order valence-corrected chi connectivity index (χ2v) is 12.3. The topological polar surface area (TPSA) is 0 Å². The fourth-order valence-corrected chi connectivity index (χ4v) is 9.26. The van der Waals surface area contributed by atoms with Crippen LogP contribution in [0, 0.1) is 45.8 Å². The van der Waals surface area contributed by atoms with Gasteiger partial charge in [-0.25, -0.2) is 0 Å². The minimum absolute atomic E-state index is 0.633. The highest BCUT2D eigenvalue weighted by atomic mass is 14.7. The molecule has 8 unspecified atom stereocenters. The minimum Gasteiger partial charge on any atom is -0.100 e. The Balaban J connectivity index is 1.54. The highest BCUT2D eigenvalue weighted by Crippen LogP contribution is 2.71. The Bertz CT molecular complexity index is 575. The minimum atomic E-state index is 0.633. The molecule has 4 fully saturated rings. The van der Waals surface area contributed by atoms with Crippen molar-refractivity contribution >= 4 is 0 Å². The van der Waals surface area contributed by atoms with Gasteiger partial charge in [-0.15, -0.1) is 6.58 Å². The molecule has 27 heavy (non-hydrogen) atoms. The standard InChI is InChI=1S/C27H46/c1-19(2)9-10-20(3)22-11-12-23-21-13-17-25(4)15-7-8-16-27(25,6)24(21)14-18-26(22,23)5/h20-24H,1,7-18H2,2-6H3. The fourth-order valence-electron chi connectivity index (χ4n) is 9.26. The van der Waals surface area contributed by atoms with Crippen molar-refractivity contribution in [2.24, 2.45) is 45.8 Å². The molecular formula is C27H46. The zero-order valence-electron chi connectivity index (χ0n) is 19.1. The van der Waals surface area contributed by atoms with Crippen LogP contribution in [0.5, 0.6) is 0 Å². The summed E-state index contributed by atoms with van der Waals surface area (Å²) < 4.78 is 0. The van der Waals surface area contributed by atoms with E-state index in [1.165, 1.54) is 76.2 Å². The van der Waals surface area contributed by atoms with E-state index in [1.54, 1.807) is 6.42 Å². The maximum Gasteiger partial charge on any atom is -0.0241 e. The van der Waals surface area contributed by atoms with Gasteiger partial charge in [0.05, 0.1) is 0 Å². The molecule has 8 atom stereocenters. The van der Waals surface area contributed by atoms with Gasteiger partial charge >= 0.3 is 0 Å². The molecule has 0 aromatic carbocycles. The van der Waals surface area contributed by atoms with E-state index in [0.29, 0.717) is 16.2 Å². The highest BCUT2D eigenvalue weighted by Gasteiger charge is 2.62. The third-order valence-corrected chi connectivity index (χ3v) is 11.1. The molecule has 0 aliphatic heterocycles. The molecule has 0 aromatic heterocycles. The molecule has 0 heterocycles. The largest absolute Gasteiger partial charge is 0.100 e. The SMILES string of the molecule is C=C(C)CCC(C)C1CCC2C3CCC4(C)CCCCC4(C)C3CCC12C. The lowest BCUT2D eigenvalue weighted by molar-refractivity contribution is -0.154. The molecule has 4 aliphatic carbocycles. The summed E-state index contributed by atoms with van der Waals surface area (Å²) >= 11 is 0. The molecule has 0 aromatic rings. The van der Waals surface area contributed by atoms with Crippen molar-refractivity contribution < 1.29 is 0 Å². The molecule has 0 N–H and O–H groups in total. The lowest BCUT2D eigenvalue weighted by Crippen LogP contribution is -2.56. The summed E-state index contributed by atoms with van der Waals surface area (Å²) in [5.74, 6) is 4.94. The van der Waals surface area contributed by atoms with E-state index in [1.807, 2.05) is 0 Å². The summed E-state index contributed by atoms with van der Waals surface area (Å²) in [5.41, 5.74) is 3.29. The van der Waals surface area contributed by atoms with E-state index in [0.717, 1.165) is 29.6 Å². The number of rotatable bonds is 4. The van der Waals surface area contributed by atoms with Crippen molar-refractivity contribution in [3.63, 3.8) is 0 Å². The van der Waals surface area contributed by atoms with Gasteiger partial charge in [-0.05, 0) is 117 Å². The van der Waals surface area contributed by atoms with Crippen LogP contribution in [0.25, 0.3) is 0 Å². The molecule has 0 amide bonds. The monoisotopic (exact) mass is 370 g/mol. The van der Waals surface area contributed by atoms with Crippen LogP contribution in [-0.2, 0) is 0 Å². The van der Waals surface area contributed by atoms with E-state index >= 15 is 0 Å². The summed E-state index contributed by atoms with van der Waals surface area (Å²) in [7, 11) is 0. The first-order valence-corrected chi connectivity index (χ1v) is 12.4. The van der Waals surface area contributed by atoms with E-state index in [-0.39, 0.29) is 0 Å². The van der Waals surface area contributed by atoms with Crippen LogP contribution < -0.4 is 0 Å². The Kier molecular flexibility index (Phi) is 5.13. The normalized spacial score (nSPS) is 50.4. The summed E-state index contributed by atoms with van der Waals surface area (Å²) in [4.78, 5) is 0. The smallest absolute Gasteiger partial charge is 0.0241 e. The fraction of sp³-hybridized carbons (Fsp3) is 0.926. The van der Waals surface area contributed by atoms with Crippen LogP contribution in [0.15, 0.2) is 12.2 Å². The molecule has 0 radical (unpaired) electrons. The maximum absolute atomic E-state index is 4.16. The zero-order valence-corrected chi connectivity index (χ0v) is 19.1. The predicted molar refractivity (Wildman–Crippen MR) is 118 cm³/mol. The van der Waals surface area contributed by atoms with Crippen molar-refractivity contribution in [3.05, 3.63) is 12.2 Å². The lowest BCUT2D eigenvalue weighted by Gasteiger charge is -2.65. The Morgan fingerprint density at radius 3 is 2.41 bits per heavy atom. The molecule has 4 rings (SSSR count). The molecule has 0 spiro atoms. The van der Waals surface area contributed by atoms with Crippen molar-refractivity contribution in [3.8, 4) is 0 Å². The Hall–Kier alpha value is -0.260. The molecule has 154 valence electrons. The average Bonchev–Trinajstić information content (AvgIpc) is 2.97. The predicted octanol–water partition coefficient (Wildman–Crippen LogP) is 8.42. The van der Waals surface area contributed by atoms with Gasteiger partial charge in [0, 0.05) is 0 Å². The van der Waals surface area contributed by atoms with E-state index < -0.39 is 0 Å². The molecular weight excluding hydrogens is 324 g/mol. The quantitative estimate of drug-likeness (QED) is 0.436. The molecule has 0 nitrogen and oxygen atoms in total. The van der Waals surface area contributed by atoms with Gasteiger partial charge in [-0.1, -0.05) is 46.1 Å². The van der Waals surface area contributed by atoms with Gasteiger partial charge in [0.2, 0.25) is 0 Å². The number of fused-ring (bicyclic) bond motifs is 5. The Morgan fingerprint density at radius 1 is 0.926 bits per heavy atom. The van der Waals surface area contributed by atoms with Crippen LogP contribution in [-0.4, -0.2) is 0 Å². The number of hydrogen-bond donors (Lipinski definition) is 0. The van der Waals surface area contributed by atoms with E-state index in [2.05, 4.69) is 41.2 Å². The van der Waals surface area contributed by atoms with Crippen molar-refractivity contribution in [1.29, 1.82) is 0 Å². The highest BCUT2D eigenvalue weighted by molar-refractivity contribution is 5.12. The van der Waals surface area contributed by atoms with Crippen LogP contribution in [0.3, 0.4) is 0 Å². The number of hydrogen-bond acceptors (Lipinski definition) is 0. The average molecular weight is 371 g/mol. The summed E-state index contributed by atoms with van der Waals surface area (Å²) in [6.45, 7) is 17.1. The second-order valence-electron chi connectivity index (χ2n) is 12.3. The first kappa shape index (κ1) is 20.0. The van der Waals surface area contributed by atoms with Gasteiger partial charge in [0.15, 0.2) is 0 Å². The van der Waals surface area contributed by atoms with Gasteiger partial charge in [0.1, 0.15) is 0 Å². The third-order valence-electron chi connectivity index (χ3n) is 11.1. The van der Waals surface area contributed by atoms with Gasteiger partial charge in [-0.3, -0.25) is 0 Å². The third kappa shape index (κ3) is 2.98. The van der Waals surface area contributed by atoms with Gasteiger partial charge in [0.25, 0.3) is 0 Å². The Labute approximate surface area is 170 Å². The Morgan fingerprint density at radius 2 is 1.67 bits per heavy atom. The summed E-state index contributed by atoms with van der Waals surface area (Å²) in [6.07, 6.45) is 17.8. The number of allylic oxidation sites excluding steroid dienone is 1. The molecule has 4 saturated carbocycles. The van der Waals surface area contributed by atoms with Crippen LogP contribution in [0.1, 0.15) is 112 Å². The van der Waals surface area contributed by atoms with Gasteiger partial charge in [-0.2, -0.15) is 0 Å². The van der Waals surface area contributed by atoms with Crippen LogP contribution >= 0.6 is 0 Å². The van der Waals surface area contributed by atoms with E-state index in [4.69, 9.17) is 0 Å². The first-order valence-electron chi connectivity index (χ1n) is 12.4. The lowest BCUT2D eigenvalue weighted by atomic mass is 9.40. The van der Waals surface area contributed by atoms with Gasteiger partial charge < -0.3 is 0 Å². The maximum atomic E-state index is 4.16.